The highest BCUT2D eigenvalue weighted by molar-refractivity contribution is 6.05. The molecule has 0 spiro atoms. The summed E-state index contributed by atoms with van der Waals surface area (Å²) >= 11 is 0. The highest BCUT2D eigenvalue weighted by Gasteiger charge is 2.10. The van der Waals surface area contributed by atoms with Crippen molar-refractivity contribution < 1.29 is 19.1 Å². The van der Waals surface area contributed by atoms with Crippen molar-refractivity contribution in [2.75, 3.05) is 19.5 Å². The van der Waals surface area contributed by atoms with Crippen LogP contribution < -0.4 is 14.8 Å². The summed E-state index contributed by atoms with van der Waals surface area (Å²) in [6.45, 7) is 0. The number of benzene rings is 2. The van der Waals surface area contributed by atoms with E-state index in [1.165, 1.54) is 7.11 Å². The molecule has 108 valence electrons. The fourth-order valence-electron chi connectivity index (χ4n) is 1.83. The predicted octanol–water partition coefficient (Wildman–Crippen LogP) is 2.77. The molecule has 1 amide bonds. The van der Waals surface area contributed by atoms with E-state index >= 15 is 0 Å². The number of amides is 1. The van der Waals surface area contributed by atoms with Gasteiger partial charge in [0.15, 0.2) is 0 Å². The van der Waals surface area contributed by atoms with Gasteiger partial charge in [-0.2, -0.15) is 0 Å². The van der Waals surface area contributed by atoms with E-state index in [0.29, 0.717) is 34.6 Å². The zero-order valence-electron chi connectivity index (χ0n) is 11.8. The molecule has 0 heterocycles. The number of hydrogen-bond acceptors (Lipinski definition) is 4. The number of nitrogens with one attached hydrogen (secondary N) is 1. The van der Waals surface area contributed by atoms with Crippen LogP contribution in [0, 0.1) is 0 Å². The number of rotatable bonds is 5. The molecule has 0 aliphatic rings. The van der Waals surface area contributed by atoms with Crippen molar-refractivity contribution in [1.82, 2.24) is 0 Å². The smallest absolute Gasteiger partial charge is 0.255 e. The van der Waals surface area contributed by atoms with Crippen molar-refractivity contribution in [3.63, 3.8) is 0 Å². The Kier molecular flexibility index (Phi) is 4.56. The fourth-order valence-corrected chi connectivity index (χ4v) is 1.83. The van der Waals surface area contributed by atoms with Gasteiger partial charge in [-0.1, -0.05) is 0 Å². The SMILES string of the molecule is COc1ccc(C(=O)Nc2cc(C=O)ccc2OC)cc1. The molecule has 0 aliphatic carbocycles. The van der Waals surface area contributed by atoms with Gasteiger partial charge in [-0.25, -0.2) is 0 Å². The maximum absolute atomic E-state index is 12.2. The van der Waals surface area contributed by atoms with Crippen LogP contribution in [0.1, 0.15) is 20.7 Å². The molecule has 0 radical (unpaired) electrons. The molecule has 0 aromatic heterocycles. The van der Waals surface area contributed by atoms with E-state index in [9.17, 15) is 9.59 Å². The minimum Gasteiger partial charge on any atom is -0.497 e. The third-order valence-corrected chi connectivity index (χ3v) is 2.96. The molecule has 0 saturated carbocycles. The van der Waals surface area contributed by atoms with Gasteiger partial charge in [0.1, 0.15) is 17.8 Å². The van der Waals surface area contributed by atoms with Crippen molar-refractivity contribution in [2.24, 2.45) is 0 Å². The largest absolute Gasteiger partial charge is 0.497 e. The molecule has 5 nitrogen and oxygen atoms in total. The van der Waals surface area contributed by atoms with Gasteiger partial charge >= 0.3 is 0 Å². The molecule has 2 aromatic rings. The van der Waals surface area contributed by atoms with Crippen LogP contribution in [-0.4, -0.2) is 26.4 Å². The van der Waals surface area contributed by atoms with Gasteiger partial charge in [0.05, 0.1) is 19.9 Å². The maximum Gasteiger partial charge on any atom is 0.255 e. The Labute approximate surface area is 122 Å². The van der Waals surface area contributed by atoms with Crippen LogP contribution in [0.3, 0.4) is 0 Å². The van der Waals surface area contributed by atoms with Crippen molar-refractivity contribution in [1.29, 1.82) is 0 Å². The molecule has 2 rings (SSSR count). The summed E-state index contributed by atoms with van der Waals surface area (Å²) < 4.78 is 10.2. The van der Waals surface area contributed by atoms with Crippen molar-refractivity contribution in [2.45, 2.75) is 0 Å². The Morgan fingerprint density at radius 2 is 1.76 bits per heavy atom. The van der Waals surface area contributed by atoms with Crippen molar-refractivity contribution in [3.8, 4) is 11.5 Å². The van der Waals surface area contributed by atoms with Crippen LogP contribution in [0.4, 0.5) is 5.69 Å². The third-order valence-electron chi connectivity index (χ3n) is 2.96. The number of ether oxygens (including phenoxy) is 2. The summed E-state index contributed by atoms with van der Waals surface area (Å²) in [7, 11) is 3.06. The molecule has 0 fully saturated rings. The lowest BCUT2D eigenvalue weighted by molar-refractivity contribution is 0.102. The Hall–Kier alpha value is -2.82. The second-order valence-electron chi connectivity index (χ2n) is 4.26. The van der Waals surface area contributed by atoms with Gasteiger partial charge in [-0.15, -0.1) is 0 Å². The predicted molar refractivity (Wildman–Crippen MR) is 79.3 cm³/mol. The topological polar surface area (TPSA) is 64.6 Å². The highest BCUT2D eigenvalue weighted by atomic mass is 16.5. The van der Waals surface area contributed by atoms with E-state index in [1.54, 1.807) is 49.6 Å². The first-order valence-electron chi connectivity index (χ1n) is 6.26. The lowest BCUT2D eigenvalue weighted by atomic mass is 10.1. The molecule has 0 unspecified atom stereocenters. The Bertz CT molecular complexity index is 650. The maximum atomic E-state index is 12.2. The lowest BCUT2D eigenvalue weighted by Gasteiger charge is -2.11. The fraction of sp³-hybridized carbons (Fsp3) is 0.125. The molecule has 5 heteroatoms. The first kappa shape index (κ1) is 14.6. The van der Waals surface area contributed by atoms with Crippen LogP contribution in [0.5, 0.6) is 11.5 Å². The van der Waals surface area contributed by atoms with E-state index in [4.69, 9.17) is 9.47 Å². The van der Waals surface area contributed by atoms with E-state index < -0.39 is 0 Å². The van der Waals surface area contributed by atoms with Gasteiger partial charge in [0.25, 0.3) is 5.91 Å². The monoisotopic (exact) mass is 285 g/mol. The van der Waals surface area contributed by atoms with Gasteiger partial charge in [0, 0.05) is 11.1 Å². The highest BCUT2D eigenvalue weighted by Crippen LogP contribution is 2.25. The van der Waals surface area contributed by atoms with Crippen LogP contribution in [0.2, 0.25) is 0 Å². The summed E-state index contributed by atoms with van der Waals surface area (Å²) in [4.78, 5) is 23.0. The Balaban J connectivity index is 2.23. The summed E-state index contributed by atoms with van der Waals surface area (Å²) in [5, 5.41) is 2.73. The summed E-state index contributed by atoms with van der Waals surface area (Å²) in [5.74, 6) is 0.869. The lowest BCUT2D eigenvalue weighted by Crippen LogP contribution is -2.12. The van der Waals surface area contributed by atoms with Gasteiger partial charge < -0.3 is 14.8 Å². The summed E-state index contributed by atoms with van der Waals surface area (Å²) in [6, 6.07) is 11.5. The average molecular weight is 285 g/mol. The summed E-state index contributed by atoms with van der Waals surface area (Å²) in [6.07, 6.45) is 0.711. The first-order chi connectivity index (χ1) is 10.2. The normalized spacial score (nSPS) is 9.81. The molecular weight excluding hydrogens is 270 g/mol. The van der Waals surface area contributed by atoms with Crippen molar-refractivity contribution >= 4 is 17.9 Å². The average Bonchev–Trinajstić information content (AvgIpc) is 2.54. The molecule has 0 atom stereocenters. The number of carbonyl (C=O) groups excluding carboxylic acids is 2. The van der Waals surface area contributed by atoms with Crippen LogP contribution in [-0.2, 0) is 0 Å². The second-order valence-corrected chi connectivity index (χ2v) is 4.26. The molecular formula is C16H15NO4. The molecule has 0 saturated heterocycles. The zero-order chi connectivity index (χ0) is 15.2. The zero-order valence-corrected chi connectivity index (χ0v) is 11.8. The third kappa shape index (κ3) is 3.39. The van der Waals surface area contributed by atoms with Gasteiger partial charge in [-0.3, -0.25) is 9.59 Å². The molecule has 21 heavy (non-hydrogen) atoms. The van der Waals surface area contributed by atoms with E-state index in [0.717, 1.165) is 0 Å². The molecule has 1 N–H and O–H groups in total. The molecule has 0 aliphatic heterocycles. The number of methoxy groups -OCH3 is 2. The van der Waals surface area contributed by atoms with Gasteiger partial charge in [-0.05, 0) is 42.5 Å². The molecule has 0 bridgehead atoms. The first-order valence-corrected chi connectivity index (χ1v) is 6.26. The minimum atomic E-state index is -0.293. The summed E-state index contributed by atoms with van der Waals surface area (Å²) in [5.41, 5.74) is 1.39. The van der Waals surface area contributed by atoms with E-state index in [2.05, 4.69) is 5.32 Å². The number of anilines is 1. The van der Waals surface area contributed by atoms with Crippen LogP contribution >= 0.6 is 0 Å². The number of hydrogen-bond donors (Lipinski definition) is 1. The second kappa shape index (κ2) is 6.56. The minimum absolute atomic E-state index is 0.293. The number of aldehydes is 1. The quantitative estimate of drug-likeness (QED) is 0.858. The standard InChI is InChI=1S/C16H15NO4/c1-20-13-6-4-12(5-7-13)16(19)17-14-9-11(10-18)3-8-15(14)21-2/h3-10H,1-2H3,(H,17,19). The van der Waals surface area contributed by atoms with Gasteiger partial charge in [0.2, 0.25) is 0 Å². The van der Waals surface area contributed by atoms with Crippen molar-refractivity contribution in [3.05, 3.63) is 53.6 Å². The van der Waals surface area contributed by atoms with Crippen LogP contribution in [0.25, 0.3) is 0 Å². The Morgan fingerprint density at radius 1 is 1.05 bits per heavy atom. The number of carbonyl (C=O) groups is 2. The van der Waals surface area contributed by atoms with E-state index in [1.807, 2.05) is 0 Å². The Morgan fingerprint density at radius 3 is 2.33 bits per heavy atom. The van der Waals surface area contributed by atoms with Crippen LogP contribution in [0.15, 0.2) is 42.5 Å². The molecule has 2 aromatic carbocycles. The van der Waals surface area contributed by atoms with E-state index in [-0.39, 0.29) is 5.91 Å².